The number of benzene rings is 2. The molecule has 1 amide bonds. The molecule has 3 aromatic rings. The number of aldehydes is 1. The predicted octanol–water partition coefficient (Wildman–Crippen LogP) is 6.87. The molecule has 0 radical (unpaired) electrons. The summed E-state index contributed by atoms with van der Waals surface area (Å²) in [6.45, 7) is 12.2. The van der Waals surface area contributed by atoms with E-state index in [1.807, 2.05) is 44.3 Å². The lowest BCUT2D eigenvalue weighted by Gasteiger charge is -2.37. The van der Waals surface area contributed by atoms with Crippen LogP contribution >= 0.6 is 23.2 Å². The maximum absolute atomic E-state index is 13.1. The monoisotopic (exact) mass is 731 g/mol. The van der Waals surface area contributed by atoms with Gasteiger partial charge in [-0.05, 0) is 75.6 Å². The van der Waals surface area contributed by atoms with Crippen molar-refractivity contribution in [2.45, 2.75) is 58.9 Å². The summed E-state index contributed by atoms with van der Waals surface area (Å²) in [6.07, 6.45) is 6.24. The van der Waals surface area contributed by atoms with Gasteiger partial charge in [-0.25, -0.2) is 4.98 Å². The molecular weight excluding hydrogens is 685 g/mol. The lowest BCUT2D eigenvalue weighted by Crippen LogP contribution is -2.40. The molecule has 2 atom stereocenters. The molecule has 1 aromatic heterocycles. The lowest BCUT2D eigenvalue weighted by atomic mass is 9.81. The summed E-state index contributed by atoms with van der Waals surface area (Å²) in [5.74, 6) is 0.484. The van der Waals surface area contributed by atoms with Crippen molar-refractivity contribution in [2.75, 3.05) is 43.4 Å². The Kier molecular flexibility index (Phi) is 11.5. The Bertz CT molecular complexity index is 1900. The minimum Gasteiger partial charge on any atom is -0.396 e. The zero-order valence-corrected chi connectivity index (χ0v) is 31.1. The van der Waals surface area contributed by atoms with Crippen LogP contribution in [0, 0.1) is 11.3 Å². The fourth-order valence-electron chi connectivity index (χ4n) is 7.79. The van der Waals surface area contributed by atoms with Gasteiger partial charge in [0, 0.05) is 69.0 Å². The Balaban J connectivity index is 1.16. The molecule has 3 heterocycles. The Labute approximate surface area is 310 Å². The fraction of sp³-hybridized carbons (Fsp3) is 0.436. The molecule has 6 rings (SSSR count). The average molecular weight is 733 g/mol. The molecule has 0 spiro atoms. The molecule has 1 saturated carbocycles. The first-order chi connectivity index (χ1) is 24.5. The number of nitrogens with one attached hydrogen (secondary N) is 3. The number of amides is 1. The summed E-state index contributed by atoms with van der Waals surface area (Å²) >= 11 is 13.9. The number of nitrogens with zero attached hydrogens (tertiary/aromatic N) is 4. The van der Waals surface area contributed by atoms with Gasteiger partial charge in [-0.3, -0.25) is 14.7 Å². The van der Waals surface area contributed by atoms with Crippen LogP contribution in [-0.4, -0.2) is 70.2 Å². The molecule has 2 aromatic carbocycles. The third kappa shape index (κ3) is 8.00. The molecule has 4 N–H and O–H groups in total. The third-order valence-corrected chi connectivity index (χ3v) is 11.5. The van der Waals surface area contributed by atoms with Gasteiger partial charge in [0.15, 0.2) is 5.82 Å². The molecule has 1 fully saturated rings. The van der Waals surface area contributed by atoms with Gasteiger partial charge in [0.1, 0.15) is 12.0 Å². The number of halogens is 2. The zero-order valence-electron chi connectivity index (χ0n) is 29.6. The number of aromatic nitrogens is 2. The summed E-state index contributed by atoms with van der Waals surface area (Å²) in [5.41, 5.74) is 7.67. The fourth-order valence-corrected chi connectivity index (χ4v) is 8.34. The molecule has 0 saturated heterocycles. The van der Waals surface area contributed by atoms with Gasteiger partial charge in [-0.15, -0.1) is 0 Å². The van der Waals surface area contributed by atoms with Crippen molar-refractivity contribution in [2.24, 2.45) is 23.4 Å². The van der Waals surface area contributed by atoms with Gasteiger partial charge in [0.2, 0.25) is 0 Å². The van der Waals surface area contributed by atoms with Crippen molar-refractivity contribution in [3.8, 4) is 11.1 Å². The van der Waals surface area contributed by atoms with Gasteiger partial charge >= 0.3 is 0 Å². The highest BCUT2D eigenvalue weighted by Gasteiger charge is 2.40. The van der Waals surface area contributed by atoms with Gasteiger partial charge in [0.25, 0.3) is 5.91 Å². The van der Waals surface area contributed by atoms with Crippen LogP contribution in [0.4, 0.5) is 11.4 Å². The Hall–Kier alpha value is -3.80. The molecule has 3 aliphatic rings. The van der Waals surface area contributed by atoms with E-state index in [1.54, 1.807) is 13.0 Å². The molecule has 51 heavy (non-hydrogen) atoms. The minimum absolute atomic E-state index is 0.0345. The first kappa shape index (κ1) is 37.0. The van der Waals surface area contributed by atoms with Gasteiger partial charge in [-0.2, -0.15) is 0 Å². The second-order valence-corrected chi connectivity index (χ2v) is 15.0. The van der Waals surface area contributed by atoms with Crippen molar-refractivity contribution in [1.82, 2.24) is 19.8 Å². The number of hydrogen-bond donors (Lipinski definition) is 4. The van der Waals surface area contributed by atoms with Crippen LogP contribution in [0.2, 0.25) is 10.0 Å². The molecule has 1 aliphatic carbocycles. The van der Waals surface area contributed by atoms with Crippen LogP contribution in [0.3, 0.4) is 0 Å². The van der Waals surface area contributed by atoms with E-state index in [2.05, 4.69) is 37.0 Å². The first-order valence-electron chi connectivity index (χ1n) is 17.6. The van der Waals surface area contributed by atoms with E-state index in [9.17, 15) is 14.7 Å². The van der Waals surface area contributed by atoms with E-state index in [0.29, 0.717) is 63.5 Å². The average Bonchev–Trinajstić information content (AvgIpc) is 3.67. The number of aliphatic hydroxyl groups excluding tert-OH is 1. The topological polar surface area (TPSA) is 124 Å². The van der Waals surface area contributed by atoms with Crippen molar-refractivity contribution in [3.63, 3.8) is 0 Å². The first-order valence-corrected chi connectivity index (χ1v) is 18.4. The number of hydrogen-bond acceptors (Lipinski definition) is 8. The maximum atomic E-state index is 13.1. The van der Waals surface area contributed by atoms with E-state index < -0.39 is 0 Å². The lowest BCUT2D eigenvalue weighted by molar-refractivity contribution is -0.111. The molecule has 0 bridgehead atoms. The number of carbonyl (C=O) groups is 2. The summed E-state index contributed by atoms with van der Waals surface area (Å²) in [4.78, 5) is 36.6. The SMILES string of the molecule is C=C(Nc1cccc(-c2cccc(NC(=O)/C(C)=N/C3=C(C)CCNC3)c2Cl)c1Cl)c1nc2c(n1C)CCN(CC1(CCO)CCC(C=O)C1)C2. The molecule has 10 nitrogen and oxygen atoms in total. The van der Waals surface area contributed by atoms with E-state index in [1.165, 1.54) is 11.3 Å². The Morgan fingerprint density at radius 3 is 2.51 bits per heavy atom. The van der Waals surface area contributed by atoms with Crippen molar-refractivity contribution < 1.29 is 14.7 Å². The van der Waals surface area contributed by atoms with Crippen molar-refractivity contribution in [3.05, 3.63) is 81.5 Å². The minimum atomic E-state index is -0.326. The quantitative estimate of drug-likeness (QED) is 0.118. The number of aliphatic hydroxyl groups is 1. The summed E-state index contributed by atoms with van der Waals surface area (Å²) < 4.78 is 2.10. The summed E-state index contributed by atoms with van der Waals surface area (Å²) in [7, 11) is 2.01. The summed E-state index contributed by atoms with van der Waals surface area (Å²) in [5, 5.41) is 20.2. The number of fused-ring (bicyclic) bond motifs is 1. The second-order valence-electron chi connectivity index (χ2n) is 14.2. The highest BCUT2D eigenvalue weighted by atomic mass is 35.5. The standard InChI is InChI=1S/C39H47Cl2N7O3/c1-24-12-16-42-20-32(24)44-26(3)38(51)46-31-10-6-8-29(36(31)41)28-7-5-9-30(35(28)40)43-25(2)37-45-33-21-48(17-13-34(33)47(37)4)23-39(15-18-49)14-11-27(19-39)22-50/h5-10,22,27,42-43,49H,2,11-21,23H2,1,3-4H3,(H,46,51)/b44-26+. The second kappa shape index (κ2) is 15.8. The Morgan fingerprint density at radius 2 is 1.86 bits per heavy atom. The van der Waals surface area contributed by atoms with Gasteiger partial charge in [0.05, 0.1) is 38.5 Å². The van der Waals surface area contributed by atoms with Gasteiger partial charge in [-0.1, -0.05) is 54.0 Å². The van der Waals surface area contributed by atoms with Gasteiger partial charge < -0.3 is 30.4 Å². The number of anilines is 2. The maximum Gasteiger partial charge on any atom is 0.269 e. The van der Waals surface area contributed by atoms with Crippen LogP contribution in [-0.2, 0) is 29.6 Å². The zero-order chi connectivity index (χ0) is 36.3. The molecular formula is C39H47Cl2N7O3. The van der Waals surface area contributed by atoms with Crippen LogP contribution in [0.1, 0.15) is 63.2 Å². The van der Waals surface area contributed by atoms with E-state index in [0.717, 1.165) is 75.2 Å². The number of rotatable bonds is 12. The molecule has 2 unspecified atom stereocenters. The highest BCUT2D eigenvalue weighted by molar-refractivity contribution is 6.44. The van der Waals surface area contributed by atoms with Crippen LogP contribution < -0.4 is 16.0 Å². The van der Waals surface area contributed by atoms with Crippen LogP contribution in [0.25, 0.3) is 16.8 Å². The summed E-state index contributed by atoms with van der Waals surface area (Å²) in [6, 6.07) is 11.1. The Morgan fingerprint density at radius 1 is 1.16 bits per heavy atom. The smallest absolute Gasteiger partial charge is 0.269 e. The van der Waals surface area contributed by atoms with E-state index >= 15 is 0 Å². The van der Waals surface area contributed by atoms with Crippen LogP contribution in [0.5, 0.6) is 0 Å². The van der Waals surface area contributed by atoms with Crippen LogP contribution in [0.15, 0.2) is 59.2 Å². The highest BCUT2D eigenvalue weighted by Crippen LogP contribution is 2.45. The number of imidazole rings is 1. The van der Waals surface area contributed by atoms with E-state index in [4.69, 9.17) is 28.2 Å². The largest absolute Gasteiger partial charge is 0.396 e. The number of carbonyl (C=O) groups excluding carboxylic acids is 2. The number of aliphatic imine (C=N–C) groups is 1. The van der Waals surface area contributed by atoms with Crippen molar-refractivity contribution >= 4 is 58.2 Å². The third-order valence-electron chi connectivity index (χ3n) is 10.7. The molecule has 270 valence electrons. The van der Waals surface area contributed by atoms with Crippen molar-refractivity contribution in [1.29, 1.82) is 0 Å². The predicted molar refractivity (Wildman–Crippen MR) is 206 cm³/mol. The molecule has 2 aliphatic heterocycles. The normalized spacial score (nSPS) is 21.1. The molecule has 12 heteroatoms. The van der Waals surface area contributed by atoms with E-state index in [-0.39, 0.29) is 23.8 Å².